The van der Waals surface area contributed by atoms with Gasteiger partial charge in [0.2, 0.25) is 6.41 Å². The monoisotopic (exact) mass is 213 g/mol. The number of amides is 1. The Morgan fingerprint density at radius 1 is 1.60 bits per heavy atom. The van der Waals surface area contributed by atoms with Gasteiger partial charge in [-0.2, -0.15) is 0 Å². The molecule has 2 fully saturated rings. The lowest BCUT2D eigenvalue weighted by atomic mass is 9.43. The van der Waals surface area contributed by atoms with E-state index in [1.807, 2.05) is 0 Å². The molecule has 0 aromatic carbocycles. The summed E-state index contributed by atoms with van der Waals surface area (Å²) in [6.45, 7) is 0. The number of carboxylic acid groups (broad SMARTS) is 1. The number of carboxylic acids is 1. The minimum Gasteiger partial charge on any atom is -0.479 e. The van der Waals surface area contributed by atoms with Crippen molar-refractivity contribution in [2.24, 2.45) is 5.41 Å². The molecule has 5 nitrogen and oxygen atoms in total. The van der Waals surface area contributed by atoms with Gasteiger partial charge in [0.05, 0.1) is 6.10 Å². The molecule has 2 aliphatic rings. The quantitative estimate of drug-likeness (QED) is 0.651. The van der Waals surface area contributed by atoms with Gasteiger partial charge in [-0.25, -0.2) is 4.79 Å². The van der Waals surface area contributed by atoms with Crippen LogP contribution in [0.2, 0.25) is 0 Å². The Balaban J connectivity index is 2.27. The van der Waals surface area contributed by atoms with Crippen molar-refractivity contribution < 1.29 is 19.4 Å². The van der Waals surface area contributed by atoms with Crippen molar-refractivity contribution in [1.29, 1.82) is 0 Å². The molecule has 1 spiro atoms. The fraction of sp³-hybridized carbons (Fsp3) is 0.800. The minimum atomic E-state index is -1.09. The van der Waals surface area contributed by atoms with E-state index < -0.39 is 11.5 Å². The summed E-state index contributed by atoms with van der Waals surface area (Å²) in [5.41, 5.74) is -1.46. The van der Waals surface area contributed by atoms with E-state index in [9.17, 15) is 14.7 Å². The zero-order chi connectivity index (χ0) is 11.1. The summed E-state index contributed by atoms with van der Waals surface area (Å²) in [5.74, 6) is -0.942. The van der Waals surface area contributed by atoms with Crippen LogP contribution < -0.4 is 5.32 Å². The third-order valence-electron chi connectivity index (χ3n) is 4.16. The van der Waals surface area contributed by atoms with Crippen LogP contribution in [0, 0.1) is 5.41 Å². The van der Waals surface area contributed by atoms with Crippen molar-refractivity contribution in [2.45, 2.75) is 37.3 Å². The summed E-state index contributed by atoms with van der Waals surface area (Å²) in [6, 6.07) is 0. The molecule has 0 aromatic rings. The fourth-order valence-corrected chi connectivity index (χ4v) is 3.10. The van der Waals surface area contributed by atoms with Crippen molar-refractivity contribution in [1.82, 2.24) is 5.32 Å². The molecular weight excluding hydrogens is 198 g/mol. The molecule has 5 heteroatoms. The first kappa shape index (κ1) is 10.4. The maximum Gasteiger partial charge on any atom is 0.330 e. The average molecular weight is 213 g/mol. The van der Waals surface area contributed by atoms with Gasteiger partial charge in [0.25, 0.3) is 0 Å². The second-order valence-corrected chi connectivity index (χ2v) is 4.41. The molecule has 0 radical (unpaired) electrons. The van der Waals surface area contributed by atoms with Gasteiger partial charge >= 0.3 is 5.97 Å². The first-order valence-corrected chi connectivity index (χ1v) is 5.10. The summed E-state index contributed by atoms with van der Waals surface area (Å²) >= 11 is 0. The predicted molar refractivity (Wildman–Crippen MR) is 51.3 cm³/mol. The molecule has 15 heavy (non-hydrogen) atoms. The molecular formula is C10H15NO4. The van der Waals surface area contributed by atoms with Crippen LogP contribution in [0.1, 0.15) is 25.7 Å². The van der Waals surface area contributed by atoms with E-state index in [0.29, 0.717) is 12.8 Å². The van der Waals surface area contributed by atoms with Gasteiger partial charge in [-0.1, -0.05) is 6.42 Å². The van der Waals surface area contributed by atoms with Gasteiger partial charge in [-0.15, -0.1) is 0 Å². The van der Waals surface area contributed by atoms with Crippen LogP contribution in [-0.4, -0.2) is 36.2 Å². The summed E-state index contributed by atoms with van der Waals surface area (Å²) in [7, 11) is 1.59. The highest BCUT2D eigenvalue weighted by molar-refractivity contribution is 5.85. The molecule has 0 aliphatic heterocycles. The number of hydrogen-bond acceptors (Lipinski definition) is 3. The highest BCUT2D eigenvalue weighted by atomic mass is 16.5. The molecule has 2 N–H and O–H groups in total. The van der Waals surface area contributed by atoms with Crippen molar-refractivity contribution in [3.8, 4) is 0 Å². The van der Waals surface area contributed by atoms with E-state index in [2.05, 4.69) is 5.32 Å². The van der Waals surface area contributed by atoms with Crippen LogP contribution >= 0.6 is 0 Å². The zero-order valence-electron chi connectivity index (χ0n) is 8.66. The molecule has 2 unspecified atom stereocenters. The van der Waals surface area contributed by atoms with Gasteiger partial charge in [0.15, 0.2) is 0 Å². The second kappa shape index (κ2) is 3.20. The van der Waals surface area contributed by atoms with Crippen LogP contribution in [0.3, 0.4) is 0 Å². The summed E-state index contributed by atoms with van der Waals surface area (Å²) < 4.78 is 5.28. The highest BCUT2D eigenvalue weighted by Gasteiger charge is 2.72. The predicted octanol–water partition coefficient (Wildman–Crippen LogP) is 0.145. The van der Waals surface area contributed by atoms with Gasteiger partial charge in [0, 0.05) is 18.9 Å². The zero-order valence-corrected chi connectivity index (χ0v) is 8.66. The first-order chi connectivity index (χ1) is 7.13. The lowest BCUT2D eigenvalue weighted by molar-refractivity contribution is -0.221. The van der Waals surface area contributed by atoms with E-state index in [-0.39, 0.29) is 11.5 Å². The summed E-state index contributed by atoms with van der Waals surface area (Å²) in [5, 5.41) is 11.7. The van der Waals surface area contributed by atoms with Gasteiger partial charge in [-0.05, 0) is 12.8 Å². The van der Waals surface area contributed by atoms with Crippen LogP contribution in [0.15, 0.2) is 0 Å². The lowest BCUT2D eigenvalue weighted by Crippen LogP contribution is -2.79. The van der Waals surface area contributed by atoms with Crippen LogP contribution in [0.5, 0.6) is 0 Å². The fourth-order valence-electron chi connectivity index (χ4n) is 3.10. The standard InChI is InChI=1S/C10H15NO4/c1-15-7-5-10(8(13)14,11-6-12)9(7)3-2-4-9/h6-7H,2-5H2,1H3,(H,11,12)(H,13,14). The molecule has 2 aliphatic carbocycles. The Morgan fingerprint density at radius 2 is 2.27 bits per heavy atom. The minimum absolute atomic E-state index is 0.0326. The normalized spacial score (nSPS) is 36.5. The number of methoxy groups -OCH3 is 1. The molecule has 0 saturated heterocycles. The van der Waals surface area contributed by atoms with Gasteiger partial charge in [-0.3, -0.25) is 4.79 Å². The van der Waals surface area contributed by atoms with Crippen molar-refractivity contribution in [2.75, 3.05) is 7.11 Å². The lowest BCUT2D eigenvalue weighted by Gasteiger charge is -2.65. The summed E-state index contributed by atoms with van der Waals surface area (Å²) in [4.78, 5) is 21.8. The Morgan fingerprint density at radius 3 is 2.60 bits per heavy atom. The molecule has 0 bridgehead atoms. The van der Waals surface area contributed by atoms with Crippen LogP contribution in [0.4, 0.5) is 0 Å². The number of rotatable bonds is 4. The number of hydrogen-bond donors (Lipinski definition) is 2. The van der Waals surface area contributed by atoms with E-state index in [0.717, 1.165) is 19.3 Å². The number of aliphatic carboxylic acids is 1. The van der Waals surface area contributed by atoms with E-state index in [4.69, 9.17) is 4.74 Å². The van der Waals surface area contributed by atoms with Crippen molar-refractivity contribution in [3.05, 3.63) is 0 Å². The van der Waals surface area contributed by atoms with Gasteiger partial charge < -0.3 is 15.2 Å². The molecule has 2 atom stereocenters. The maximum atomic E-state index is 11.3. The first-order valence-electron chi connectivity index (χ1n) is 5.10. The highest BCUT2D eigenvalue weighted by Crippen LogP contribution is 2.63. The SMILES string of the molecule is COC1CC(NC=O)(C(=O)O)C12CCC2. The van der Waals surface area contributed by atoms with Crippen LogP contribution in [0.25, 0.3) is 0 Å². The molecule has 84 valence electrons. The number of carbonyl (C=O) groups is 2. The third kappa shape index (κ3) is 1.01. The van der Waals surface area contributed by atoms with Crippen molar-refractivity contribution in [3.63, 3.8) is 0 Å². The molecule has 0 aromatic heterocycles. The van der Waals surface area contributed by atoms with Crippen LogP contribution in [-0.2, 0) is 14.3 Å². The molecule has 2 rings (SSSR count). The molecule has 1 amide bonds. The van der Waals surface area contributed by atoms with E-state index in [1.54, 1.807) is 7.11 Å². The molecule has 2 saturated carbocycles. The Bertz CT molecular complexity index is 300. The second-order valence-electron chi connectivity index (χ2n) is 4.41. The third-order valence-corrected chi connectivity index (χ3v) is 4.16. The Kier molecular flexibility index (Phi) is 2.22. The van der Waals surface area contributed by atoms with E-state index >= 15 is 0 Å². The smallest absolute Gasteiger partial charge is 0.330 e. The van der Waals surface area contributed by atoms with Crippen molar-refractivity contribution >= 4 is 12.4 Å². The Labute approximate surface area is 87.8 Å². The molecule has 0 heterocycles. The van der Waals surface area contributed by atoms with Gasteiger partial charge in [0.1, 0.15) is 5.54 Å². The number of carbonyl (C=O) groups excluding carboxylic acids is 1. The Hall–Kier alpha value is -1.10. The number of nitrogens with one attached hydrogen (secondary N) is 1. The number of ether oxygens (including phenoxy) is 1. The average Bonchev–Trinajstić information content (AvgIpc) is 2.08. The topological polar surface area (TPSA) is 75.6 Å². The summed E-state index contributed by atoms with van der Waals surface area (Å²) in [6.07, 6.45) is 3.47. The van der Waals surface area contributed by atoms with E-state index in [1.165, 1.54) is 0 Å². The largest absolute Gasteiger partial charge is 0.479 e. The maximum absolute atomic E-state index is 11.3.